The van der Waals surface area contributed by atoms with Gasteiger partial charge in [-0.1, -0.05) is 12.1 Å². The van der Waals surface area contributed by atoms with Gasteiger partial charge in [0, 0.05) is 24.7 Å². The maximum atomic E-state index is 11.6. The van der Waals surface area contributed by atoms with E-state index in [4.69, 9.17) is 5.73 Å². The minimum atomic E-state index is -0.0273. The molecule has 108 valence electrons. The van der Waals surface area contributed by atoms with Crippen LogP contribution in [0.15, 0.2) is 30.6 Å². The van der Waals surface area contributed by atoms with Crippen LogP contribution in [-0.2, 0) is 11.8 Å². The van der Waals surface area contributed by atoms with Crippen molar-refractivity contribution in [2.24, 2.45) is 12.8 Å². The predicted molar refractivity (Wildman–Crippen MR) is 80.6 cm³/mol. The summed E-state index contributed by atoms with van der Waals surface area (Å²) in [5.41, 5.74) is 7.04. The van der Waals surface area contributed by atoms with Crippen LogP contribution < -0.4 is 11.1 Å². The summed E-state index contributed by atoms with van der Waals surface area (Å²) in [6, 6.07) is 7.53. The van der Waals surface area contributed by atoms with Gasteiger partial charge in [0.1, 0.15) is 6.33 Å². The highest BCUT2D eigenvalue weighted by molar-refractivity contribution is 5.91. The molecule has 2 rings (SSSR count). The van der Waals surface area contributed by atoms with E-state index < -0.39 is 0 Å². The number of halogens is 1. The van der Waals surface area contributed by atoms with Crippen molar-refractivity contribution in [2.45, 2.75) is 12.8 Å². The zero-order valence-electron chi connectivity index (χ0n) is 11.2. The number of rotatable bonds is 5. The molecule has 0 saturated carbocycles. The maximum Gasteiger partial charge on any atom is 0.224 e. The Labute approximate surface area is 123 Å². The Hall–Kier alpha value is -1.92. The van der Waals surface area contributed by atoms with Crippen LogP contribution in [0.25, 0.3) is 11.4 Å². The van der Waals surface area contributed by atoms with Crippen molar-refractivity contribution in [3.05, 3.63) is 30.6 Å². The van der Waals surface area contributed by atoms with Gasteiger partial charge in [0.15, 0.2) is 5.82 Å². The highest BCUT2D eigenvalue weighted by atomic mass is 35.5. The Kier molecular flexibility index (Phi) is 6.14. The van der Waals surface area contributed by atoms with Gasteiger partial charge >= 0.3 is 0 Å². The second kappa shape index (κ2) is 7.62. The van der Waals surface area contributed by atoms with Crippen LogP contribution in [0.3, 0.4) is 0 Å². The van der Waals surface area contributed by atoms with Crippen LogP contribution in [0.1, 0.15) is 12.8 Å². The van der Waals surface area contributed by atoms with Gasteiger partial charge in [-0.3, -0.25) is 4.79 Å². The van der Waals surface area contributed by atoms with Gasteiger partial charge in [0.25, 0.3) is 0 Å². The number of nitrogens with one attached hydrogen (secondary N) is 1. The van der Waals surface area contributed by atoms with Crippen LogP contribution in [0.4, 0.5) is 5.69 Å². The molecule has 2 aromatic rings. The van der Waals surface area contributed by atoms with E-state index in [-0.39, 0.29) is 18.3 Å². The van der Waals surface area contributed by atoms with Crippen molar-refractivity contribution in [1.29, 1.82) is 0 Å². The van der Waals surface area contributed by atoms with Gasteiger partial charge in [0.2, 0.25) is 5.91 Å². The van der Waals surface area contributed by atoms with Crippen LogP contribution in [0.2, 0.25) is 0 Å². The summed E-state index contributed by atoms with van der Waals surface area (Å²) in [5.74, 6) is 0.735. The third-order valence-corrected chi connectivity index (χ3v) is 2.72. The standard InChI is InChI=1S/C13H17N5O.ClH/c1-18-9-15-17-13(18)10-4-2-5-11(8-10)16-12(19)6-3-7-14;/h2,4-5,8-9H,3,6-7,14H2,1H3,(H,16,19);1H. The normalized spacial score (nSPS) is 9.90. The number of hydrogen-bond donors (Lipinski definition) is 2. The topological polar surface area (TPSA) is 85.8 Å². The zero-order chi connectivity index (χ0) is 13.7. The molecule has 1 heterocycles. The lowest BCUT2D eigenvalue weighted by Gasteiger charge is -2.07. The first-order valence-electron chi connectivity index (χ1n) is 6.15. The summed E-state index contributed by atoms with van der Waals surface area (Å²) in [5, 5.41) is 10.7. The van der Waals surface area contributed by atoms with E-state index in [0.717, 1.165) is 17.1 Å². The van der Waals surface area contributed by atoms with Gasteiger partial charge in [0.05, 0.1) is 0 Å². The Bertz CT molecular complexity index is 569. The molecule has 20 heavy (non-hydrogen) atoms. The van der Waals surface area contributed by atoms with E-state index in [1.165, 1.54) is 0 Å². The molecule has 0 aliphatic rings. The van der Waals surface area contributed by atoms with Gasteiger partial charge in [-0.25, -0.2) is 0 Å². The average molecular weight is 296 g/mol. The lowest BCUT2D eigenvalue weighted by atomic mass is 10.2. The largest absolute Gasteiger partial charge is 0.330 e. The predicted octanol–water partition coefficient (Wildman–Crippen LogP) is 1.58. The quantitative estimate of drug-likeness (QED) is 0.877. The van der Waals surface area contributed by atoms with Gasteiger partial charge in [-0.2, -0.15) is 0 Å². The summed E-state index contributed by atoms with van der Waals surface area (Å²) in [6.07, 6.45) is 2.77. The molecule has 0 saturated heterocycles. The summed E-state index contributed by atoms with van der Waals surface area (Å²) >= 11 is 0. The number of benzene rings is 1. The average Bonchev–Trinajstić information content (AvgIpc) is 2.83. The van der Waals surface area contributed by atoms with E-state index in [1.807, 2.05) is 35.9 Å². The Balaban J connectivity index is 0.00000200. The lowest BCUT2D eigenvalue weighted by molar-refractivity contribution is -0.116. The minimum Gasteiger partial charge on any atom is -0.330 e. The fourth-order valence-corrected chi connectivity index (χ4v) is 1.77. The number of nitrogens with two attached hydrogens (primary N) is 1. The number of anilines is 1. The number of hydrogen-bond acceptors (Lipinski definition) is 4. The van der Waals surface area contributed by atoms with Crippen molar-refractivity contribution < 1.29 is 4.79 Å². The highest BCUT2D eigenvalue weighted by Gasteiger charge is 2.06. The van der Waals surface area contributed by atoms with Crippen LogP contribution in [0.5, 0.6) is 0 Å². The van der Waals surface area contributed by atoms with Gasteiger partial charge in [-0.15, -0.1) is 22.6 Å². The van der Waals surface area contributed by atoms with Gasteiger partial charge < -0.3 is 15.6 Å². The summed E-state index contributed by atoms with van der Waals surface area (Å²) in [4.78, 5) is 11.6. The van der Waals surface area contributed by atoms with Crippen molar-refractivity contribution in [3.63, 3.8) is 0 Å². The van der Waals surface area contributed by atoms with Crippen LogP contribution in [0, 0.1) is 0 Å². The van der Waals surface area contributed by atoms with Crippen LogP contribution in [-0.4, -0.2) is 27.2 Å². The molecule has 1 aromatic heterocycles. The fraction of sp³-hybridized carbons (Fsp3) is 0.308. The number of amides is 1. The second-order valence-corrected chi connectivity index (χ2v) is 4.29. The van der Waals surface area contributed by atoms with Crippen molar-refractivity contribution in [3.8, 4) is 11.4 Å². The van der Waals surface area contributed by atoms with E-state index in [0.29, 0.717) is 19.4 Å². The molecule has 7 heteroatoms. The molecule has 0 spiro atoms. The van der Waals surface area contributed by atoms with E-state index in [2.05, 4.69) is 15.5 Å². The number of aromatic nitrogens is 3. The Morgan fingerprint density at radius 1 is 1.45 bits per heavy atom. The van der Waals surface area contributed by atoms with E-state index in [1.54, 1.807) is 6.33 Å². The first-order valence-corrected chi connectivity index (χ1v) is 6.15. The van der Waals surface area contributed by atoms with E-state index >= 15 is 0 Å². The third-order valence-electron chi connectivity index (χ3n) is 2.72. The summed E-state index contributed by atoms with van der Waals surface area (Å²) in [7, 11) is 1.88. The lowest BCUT2D eigenvalue weighted by Crippen LogP contribution is -2.13. The number of carbonyl (C=O) groups excluding carboxylic acids is 1. The fourth-order valence-electron chi connectivity index (χ4n) is 1.77. The maximum absolute atomic E-state index is 11.6. The van der Waals surface area contributed by atoms with Crippen molar-refractivity contribution >= 4 is 24.0 Å². The molecule has 0 atom stereocenters. The van der Waals surface area contributed by atoms with Gasteiger partial charge in [-0.05, 0) is 25.1 Å². The molecular weight excluding hydrogens is 278 g/mol. The molecule has 1 aromatic carbocycles. The van der Waals surface area contributed by atoms with Crippen molar-refractivity contribution in [1.82, 2.24) is 14.8 Å². The smallest absolute Gasteiger partial charge is 0.224 e. The summed E-state index contributed by atoms with van der Waals surface area (Å²) in [6.45, 7) is 0.520. The Morgan fingerprint density at radius 2 is 2.25 bits per heavy atom. The van der Waals surface area contributed by atoms with Crippen molar-refractivity contribution in [2.75, 3.05) is 11.9 Å². The zero-order valence-corrected chi connectivity index (χ0v) is 12.1. The minimum absolute atomic E-state index is 0. The third kappa shape index (κ3) is 4.04. The molecule has 1 amide bonds. The van der Waals surface area contributed by atoms with E-state index in [9.17, 15) is 4.79 Å². The molecule has 3 N–H and O–H groups in total. The molecule has 0 radical (unpaired) electrons. The number of nitrogens with zero attached hydrogens (tertiary/aromatic N) is 3. The molecule has 6 nitrogen and oxygen atoms in total. The number of carbonyl (C=O) groups is 1. The Morgan fingerprint density at radius 3 is 2.90 bits per heavy atom. The molecule has 0 fully saturated rings. The number of aryl methyl sites for hydroxylation is 1. The molecule has 0 aliphatic heterocycles. The van der Waals surface area contributed by atoms with Crippen LogP contribution >= 0.6 is 12.4 Å². The first kappa shape index (κ1) is 16.1. The summed E-state index contributed by atoms with van der Waals surface area (Å²) < 4.78 is 1.83. The molecule has 0 bridgehead atoms. The molecule has 0 aliphatic carbocycles. The highest BCUT2D eigenvalue weighted by Crippen LogP contribution is 2.20. The molecule has 0 unspecified atom stereocenters. The first-order chi connectivity index (χ1) is 9.20. The SMILES string of the molecule is Cl.Cn1cnnc1-c1cccc(NC(=O)CCCN)c1. The monoisotopic (exact) mass is 295 g/mol. The second-order valence-electron chi connectivity index (χ2n) is 4.29. The molecular formula is C13H18ClN5O.